The molecule has 0 bridgehead atoms. The Morgan fingerprint density at radius 1 is 1.18 bits per heavy atom. The number of fused-ring (bicyclic) bond motifs is 1. The van der Waals surface area contributed by atoms with Gasteiger partial charge in [-0.05, 0) is 18.2 Å². The molecule has 1 heterocycles. The zero-order valence-corrected chi connectivity index (χ0v) is 16.3. The second kappa shape index (κ2) is 8.66. The molecule has 8 nitrogen and oxygen atoms in total. The number of nitrogens with two attached hydrogens (primary N) is 1. The number of para-hydroxylation sites is 2. The molecule has 1 aromatic heterocycles. The highest BCUT2D eigenvalue weighted by molar-refractivity contribution is 7.99. The summed E-state index contributed by atoms with van der Waals surface area (Å²) in [5, 5.41) is 3.53. The Bertz CT molecular complexity index is 1070. The number of carbonyl (C=O) groups excluding carboxylic acids is 1. The van der Waals surface area contributed by atoms with Crippen LogP contribution in [0.3, 0.4) is 0 Å². The average molecular weight is 400 g/mol. The number of hydrogen-bond donors (Lipinski definition) is 2. The van der Waals surface area contributed by atoms with E-state index in [0.717, 1.165) is 22.0 Å². The van der Waals surface area contributed by atoms with Crippen LogP contribution in [0, 0.1) is 0 Å². The molecule has 0 saturated carbocycles. The number of nitrogen functional groups attached to an aromatic ring is 1. The standard InChI is InChI=1S/C19H20N4O4S/c1-26-15-9-5-6-12(17(15)27-2)10-21-16(24)11-28-19-22-14-8-4-3-7-13(14)18(25)23(19)20/h3-9H,10-11,20H2,1-2H3,(H,21,24). The normalized spacial score (nSPS) is 10.6. The average Bonchev–Trinajstić information content (AvgIpc) is 2.73. The van der Waals surface area contributed by atoms with Crippen LogP contribution in [0.4, 0.5) is 0 Å². The highest BCUT2D eigenvalue weighted by atomic mass is 32.2. The van der Waals surface area contributed by atoms with Gasteiger partial charge in [-0.15, -0.1) is 0 Å². The molecule has 9 heteroatoms. The highest BCUT2D eigenvalue weighted by Gasteiger charge is 2.13. The molecule has 3 aromatic rings. The maximum absolute atomic E-state index is 12.3. The smallest absolute Gasteiger partial charge is 0.280 e. The number of benzene rings is 2. The molecule has 3 rings (SSSR count). The lowest BCUT2D eigenvalue weighted by Gasteiger charge is -2.13. The van der Waals surface area contributed by atoms with Crippen LogP contribution in [0.5, 0.6) is 11.5 Å². The summed E-state index contributed by atoms with van der Waals surface area (Å²) >= 11 is 1.10. The minimum Gasteiger partial charge on any atom is -0.493 e. The molecule has 0 unspecified atom stereocenters. The molecule has 146 valence electrons. The topological polar surface area (TPSA) is 108 Å². The third-order valence-corrected chi connectivity index (χ3v) is 5.02. The van der Waals surface area contributed by atoms with E-state index in [2.05, 4.69) is 10.3 Å². The summed E-state index contributed by atoms with van der Waals surface area (Å²) in [4.78, 5) is 28.9. The van der Waals surface area contributed by atoms with Crippen molar-refractivity contribution >= 4 is 28.6 Å². The molecule has 0 atom stereocenters. The van der Waals surface area contributed by atoms with E-state index in [9.17, 15) is 9.59 Å². The van der Waals surface area contributed by atoms with E-state index in [1.54, 1.807) is 44.6 Å². The van der Waals surface area contributed by atoms with Gasteiger partial charge >= 0.3 is 0 Å². The van der Waals surface area contributed by atoms with E-state index in [-0.39, 0.29) is 28.9 Å². The Kier molecular flexibility index (Phi) is 6.05. The molecule has 3 N–H and O–H groups in total. The number of carbonyl (C=O) groups is 1. The molecular formula is C19H20N4O4S. The fourth-order valence-electron chi connectivity index (χ4n) is 2.70. The first-order chi connectivity index (χ1) is 13.5. The predicted molar refractivity (Wildman–Crippen MR) is 108 cm³/mol. The Morgan fingerprint density at radius 2 is 1.96 bits per heavy atom. The third kappa shape index (κ3) is 4.04. The Hall–Kier alpha value is -3.20. The first-order valence-electron chi connectivity index (χ1n) is 8.41. The van der Waals surface area contributed by atoms with Gasteiger partial charge in [-0.1, -0.05) is 36.0 Å². The predicted octanol–water partition coefficient (Wildman–Crippen LogP) is 1.54. The zero-order valence-electron chi connectivity index (χ0n) is 15.5. The summed E-state index contributed by atoms with van der Waals surface area (Å²) in [5.74, 6) is 6.84. The van der Waals surface area contributed by atoms with Crippen molar-refractivity contribution in [3.63, 3.8) is 0 Å². The number of aromatic nitrogens is 2. The van der Waals surface area contributed by atoms with Crippen LogP contribution in [0.25, 0.3) is 10.9 Å². The van der Waals surface area contributed by atoms with Gasteiger partial charge in [0.1, 0.15) is 0 Å². The maximum atomic E-state index is 12.3. The quantitative estimate of drug-likeness (QED) is 0.352. The van der Waals surface area contributed by atoms with Crippen molar-refractivity contribution < 1.29 is 14.3 Å². The van der Waals surface area contributed by atoms with Gasteiger partial charge in [0.05, 0.1) is 30.9 Å². The first kappa shape index (κ1) is 19.6. The zero-order chi connectivity index (χ0) is 20.1. The summed E-state index contributed by atoms with van der Waals surface area (Å²) in [6, 6.07) is 12.4. The summed E-state index contributed by atoms with van der Waals surface area (Å²) in [6.45, 7) is 0.278. The van der Waals surface area contributed by atoms with Crippen LogP contribution in [-0.2, 0) is 11.3 Å². The number of amides is 1. The van der Waals surface area contributed by atoms with Crippen LogP contribution in [-0.4, -0.2) is 35.5 Å². The van der Waals surface area contributed by atoms with E-state index in [0.29, 0.717) is 22.4 Å². The second-order valence-corrected chi connectivity index (χ2v) is 6.75. The lowest BCUT2D eigenvalue weighted by Crippen LogP contribution is -2.31. The van der Waals surface area contributed by atoms with Gasteiger partial charge in [0.25, 0.3) is 5.56 Å². The number of nitrogens with one attached hydrogen (secondary N) is 1. The van der Waals surface area contributed by atoms with Gasteiger partial charge in [0, 0.05) is 12.1 Å². The van der Waals surface area contributed by atoms with Crippen molar-refractivity contribution in [3.8, 4) is 11.5 Å². The first-order valence-corrected chi connectivity index (χ1v) is 9.40. The lowest BCUT2D eigenvalue weighted by molar-refractivity contribution is -0.118. The van der Waals surface area contributed by atoms with Crippen molar-refractivity contribution in [2.24, 2.45) is 0 Å². The maximum Gasteiger partial charge on any atom is 0.280 e. The molecule has 0 aliphatic rings. The SMILES string of the molecule is COc1cccc(CNC(=O)CSc2nc3ccccc3c(=O)n2N)c1OC. The van der Waals surface area contributed by atoms with E-state index in [1.165, 1.54) is 0 Å². The number of nitrogens with zero attached hydrogens (tertiary/aromatic N) is 2. The van der Waals surface area contributed by atoms with E-state index >= 15 is 0 Å². The molecule has 0 saturated heterocycles. The molecule has 0 aliphatic heterocycles. The van der Waals surface area contributed by atoms with Gasteiger partial charge in [-0.25, -0.2) is 9.66 Å². The Balaban J connectivity index is 1.66. The minimum absolute atomic E-state index is 0.0638. The molecule has 28 heavy (non-hydrogen) atoms. The summed E-state index contributed by atoms with van der Waals surface area (Å²) in [7, 11) is 3.10. The molecule has 0 radical (unpaired) electrons. The van der Waals surface area contributed by atoms with Crippen molar-refractivity contribution in [2.75, 3.05) is 25.8 Å². The van der Waals surface area contributed by atoms with Crippen molar-refractivity contribution in [2.45, 2.75) is 11.7 Å². The minimum atomic E-state index is -0.352. The summed E-state index contributed by atoms with van der Waals surface area (Å²) in [5.41, 5.74) is 0.979. The molecule has 2 aromatic carbocycles. The van der Waals surface area contributed by atoms with Gasteiger partial charge in [0.15, 0.2) is 16.7 Å². The summed E-state index contributed by atoms with van der Waals surface area (Å²) in [6.07, 6.45) is 0. The fraction of sp³-hybridized carbons (Fsp3) is 0.211. The number of thioether (sulfide) groups is 1. The van der Waals surface area contributed by atoms with Gasteiger partial charge in [-0.2, -0.15) is 0 Å². The fourth-order valence-corrected chi connectivity index (χ4v) is 3.44. The van der Waals surface area contributed by atoms with Crippen LogP contribution in [0.2, 0.25) is 0 Å². The van der Waals surface area contributed by atoms with Crippen LogP contribution in [0.15, 0.2) is 52.4 Å². The lowest BCUT2D eigenvalue weighted by atomic mass is 10.2. The molecule has 0 aliphatic carbocycles. The van der Waals surface area contributed by atoms with Gasteiger partial charge in [0.2, 0.25) is 5.91 Å². The van der Waals surface area contributed by atoms with Gasteiger partial charge in [-0.3, -0.25) is 9.59 Å². The molecular weight excluding hydrogens is 380 g/mol. The van der Waals surface area contributed by atoms with Crippen molar-refractivity contribution in [1.82, 2.24) is 15.0 Å². The number of hydrogen-bond acceptors (Lipinski definition) is 7. The van der Waals surface area contributed by atoms with Gasteiger partial charge < -0.3 is 20.6 Å². The molecule has 0 fully saturated rings. The summed E-state index contributed by atoms with van der Waals surface area (Å²) < 4.78 is 11.6. The Labute approximate surface area is 165 Å². The van der Waals surface area contributed by atoms with Crippen LogP contribution < -0.4 is 26.2 Å². The number of rotatable bonds is 7. The third-order valence-electron chi connectivity index (χ3n) is 4.07. The largest absolute Gasteiger partial charge is 0.493 e. The molecule has 1 amide bonds. The van der Waals surface area contributed by atoms with E-state index < -0.39 is 0 Å². The second-order valence-electron chi connectivity index (χ2n) is 5.80. The highest BCUT2D eigenvalue weighted by Crippen LogP contribution is 2.30. The van der Waals surface area contributed by atoms with Crippen LogP contribution in [0.1, 0.15) is 5.56 Å². The van der Waals surface area contributed by atoms with Crippen LogP contribution >= 0.6 is 11.8 Å². The van der Waals surface area contributed by atoms with E-state index in [1.807, 2.05) is 12.1 Å². The monoisotopic (exact) mass is 400 g/mol. The Morgan fingerprint density at radius 3 is 2.71 bits per heavy atom. The molecule has 0 spiro atoms. The number of methoxy groups -OCH3 is 2. The van der Waals surface area contributed by atoms with E-state index in [4.69, 9.17) is 15.3 Å². The number of ether oxygens (including phenoxy) is 2. The van der Waals surface area contributed by atoms with Crippen molar-refractivity contribution in [3.05, 3.63) is 58.4 Å². The van der Waals surface area contributed by atoms with Crippen molar-refractivity contribution in [1.29, 1.82) is 0 Å².